The van der Waals surface area contributed by atoms with E-state index >= 15 is 0 Å². The molecular weight excluding hydrogens is 418 g/mol. The van der Waals surface area contributed by atoms with E-state index in [4.69, 9.17) is 11.6 Å². The number of halogens is 1. The van der Waals surface area contributed by atoms with Crippen LogP contribution >= 0.6 is 22.9 Å². The molecule has 0 fully saturated rings. The Morgan fingerprint density at radius 1 is 1.07 bits per heavy atom. The van der Waals surface area contributed by atoms with Crippen LogP contribution in [-0.4, -0.2) is 29.1 Å². The van der Waals surface area contributed by atoms with Crippen LogP contribution in [0.25, 0.3) is 21.6 Å². The number of carbonyl (C=O) groups is 1. The van der Waals surface area contributed by atoms with Crippen molar-refractivity contribution in [1.82, 2.24) is 15.3 Å². The number of fused-ring (bicyclic) bond motifs is 1. The first-order chi connectivity index (χ1) is 14.6. The standard InChI is InChI=1S/C22H20ClN5OS/c1-14-5-2-3-6-17(14)27-22(29)25-11-10-24-20-16-9-8-15(23)13-18(16)26-21(28-20)19-7-4-12-30-19/h2-9,12-13H,10-11H2,1H3,(H,24,26,28)(H2,25,27,29). The number of nitrogens with zero attached hydrogens (tertiary/aromatic N) is 2. The molecule has 2 heterocycles. The maximum atomic E-state index is 12.1. The molecule has 0 saturated heterocycles. The van der Waals surface area contributed by atoms with Crippen molar-refractivity contribution in [1.29, 1.82) is 0 Å². The van der Waals surface area contributed by atoms with Gasteiger partial charge in [-0.05, 0) is 48.2 Å². The first-order valence-electron chi connectivity index (χ1n) is 9.46. The molecule has 0 aliphatic carbocycles. The van der Waals surface area contributed by atoms with Crippen molar-refractivity contribution in [3.05, 3.63) is 70.6 Å². The molecule has 3 N–H and O–H groups in total. The van der Waals surface area contributed by atoms with Crippen molar-refractivity contribution in [2.45, 2.75) is 6.92 Å². The summed E-state index contributed by atoms with van der Waals surface area (Å²) in [5.41, 5.74) is 2.58. The van der Waals surface area contributed by atoms with Gasteiger partial charge >= 0.3 is 6.03 Å². The number of amides is 2. The molecule has 30 heavy (non-hydrogen) atoms. The molecule has 0 saturated carbocycles. The first kappa shape index (κ1) is 20.1. The van der Waals surface area contributed by atoms with Crippen LogP contribution in [0, 0.1) is 6.92 Å². The molecule has 0 radical (unpaired) electrons. The highest BCUT2D eigenvalue weighted by Gasteiger charge is 2.11. The summed E-state index contributed by atoms with van der Waals surface area (Å²) >= 11 is 7.74. The van der Waals surface area contributed by atoms with Crippen LogP contribution in [0.15, 0.2) is 60.0 Å². The van der Waals surface area contributed by atoms with Crippen LogP contribution in [0.2, 0.25) is 5.02 Å². The SMILES string of the molecule is Cc1ccccc1NC(=O)NCCNc1nc(-c2cccs2)nc2cc(Cl)ccc12. The molecule has 0 bridgehead atoms. The molecule has 0 atom stereocenters. The maximum absolute atomic E-state index is 12.1. The predicted octanol–water partition coefficient (Wildman–Crippen LogP) is 5.55. The van der Waals surface area contributed by atoms with Gasteiger partial charge in [0.05, 0.1) is 10.4 Å². The number of hydrogen-bond donors (Lipinski definition) is 3. The van der Waals surface area contributed by atoms with Crippen LogP contribution in [0.4, 0.5) is 16.3 Å². The molecule has 2 amide bonds. The lowest BCUT2D eigenvalue weighted by Crippen LogP contribution is -2.33. The summed E-state index contributed by atoms with van der Waals surface area (Å²) in [6.07, 6.45) is 0. The van der Waals surface area contributed by atoms with Crippen LogP contribution < -0.4 is 16.0 Å². The van der Waals surface area contributed by atoms with E-state index in [0.29, 0.717) is 29.8 Å². The number of para-hydroxylation sites is 1. The van der Waals surface area contributed by atoms with Crippen LogP contribution in [0.1, 0.15) is 5.56 Å². The van der Waals surface area contributed by atoms with Crippen molar-refractivity contribution in [3.63, 3.8) is 0 Å². The van der Waals surface area contributed by atoms with Gasteiger partial charge in [-0.2, -0.15) is 0 Å². The van der Waals surface area contributed by atoms with E-state index < -0.39 is 0 Å². The molecule has 0 aliphatic rings. The molecule has 0 aliphatic heterocycles. The highest BCUT2D eigenvalue weighted by atomic mass is 35.5. The van der Waals surface area contributed by atoms with Gasteiger partial charge in [0, 0.05) is 29.2 Å². The number of urea groups is 1. The van der Waals surface area contributed by atoms with Gasteiger partial charge in [0.25, 0.3) is 0 Å². The Hall–Kier alpha value is -3.16. The Labute approximate surface area is 183 Å². The summed E-state index contributed by atoms with van der Waals surface area (Å²) in [7, 11) is 0. The summed E-state index contributed by atoms with van der Waals surface area (Å²) in [4.78, 5) is 22.5. The topological polar surface area (TPSA) is 78.9 Å². The summed E-state index contributed by atoms with van der Waals surface area (Å²) in [6, 6.07) is 16.9. The number of rotatable bonds is 6. The van der Waals surface area contributed by atoms with Crippen molar-refractivity contribution >= 4 is 51.4 Å². The van der Waals surface area contributed by atoms with Gasteiger partial charge in [0.1, 0.15) is 5.82 Å². The number of carbonyl (C=O) groups excluding carboxylic acids is 1. The molecule has 4 rings (SSSR count). The molecule has 4 aromatic rings. The fraction of sp³-hybridized carbons (Fsp3) is 0.136. The minimum Gasteiger partial charge on any atom is -0.368 e. The van der Waals surface area contributed by atoms with Gasteiger partial charge in [0.15, 0.2) is 5.82 Å². The second-order valence-electron chi connectivity index (χ2n) is 6.66. The Kier molecular flexibility index (Phi) is 6.11. The summed E-state index contributed by atoms with van der Waals surface area (Å²) < 4.78 is 0. The van der Waals surface area contributed by atoms with E-state index in [9.17, 15) is 4.79 Å². The molecule has 2 aromatic heterocycles. The van der Waals surface area contributed by atoms with Crippen molar-refractivity contribution in [3.8, 4) is 10.7 Å². The van der Waals surface area contributed by atoms with Gasteiger partial charge in [0.2, 0.25) is 0 Å². The fourth-order valence-electron chi connectivity index (χ4n) is 2.99. The van der Waals surface area contributed by atoms with Gasteiger partial charge < -0.3 is 16.0 Å². The van der Waals surface area contributed by atoms with Crippen molar-refractivity contribution in [2.75, 3.05) is 23.7 Å². The Bertz CT molecular complexity index is 1180. The highest BCUT2D eigenvalue weighted by Crippen LogP contribution is 2.28. The lowest BCUT2D eigenvalue weighted by Gasteiger charge is -2.12. The van der Waals surface area contributed by atoms with E-state index in [1.807, 2.05) is 66.9 Å². The maximum Gasteiger partial charge on any atom is 0.319 e. The molecular formula is C22H20ClN5OS. The third-order valence-electron chi connectivity index (χ3n) is 4.50. The van der Waals surface area contributed by atoms with E-state index in [2.05, 4.69) is 25.9 Å². The first-order valence-corrected chi connectivity index (χ1v) is 10.7. The van der Waals surface area contributed by atoms with E-state index in [1.165, 1.54) is 0 Å². The largest absolute Gasteiger partial charge is 0.368 e. The summed E-state index contributed by atoms with van der Waals surface area (Å²) in [5.74, 6) is 1.36. The fourth-order valence-corrected chi connectivity index (χ4v) is 3.81. The summed E-state index contributed by atoms with van der Waals surface area (Å²) in [6.45, 7) is 2.90. The number of aromatic nitrogens is 2. The smallest absolute Gasteiger partial charge is 0.319 e. The number of thiophene rings is 1. The molecule has 6 nitrogen and oxygen atoms in total. The molecule has 0 unspecified atom stereocenters. The van der Waals surface area contributed by atoms with Gasteiger partial charge in [-0.3, -0.25) is 0 Å². The second-order valence-corrected chi connectivity index (χ2v) is 8.04. The molecule has 8 heteroatoms. The Morgan fingerprint density at radius 3 is 2.73 bits per heavy atom. The molecule has 0 spiro atoms. The zero-order chi connectivity index (χ0) is 20.9. The Balaban J connectivity index is 1.43. The van der Waals surface area contributed by atoms with Crippen LogP contribution in [-0.2, 0) is 0 Å². The van der Waals surface area contributed by atoms with Gasteiger partial charge in [-0.15, -0.1) is 11.3 Å². The number of aryl methyl sites for hydroxylation is 1. The summed E-state index contributed by atoms with van der Waals surface area (Å²) in [5, 5.41) is 12.5. The average Bonchev–Trinajstić information content (AvgIpc) is 3.27. The lowest BCUT2D eigenvalue weighted by atomic mass is 10.2. The van der Waals surface area contributed by atoms with E-state index in [0.717, 1.165) is 27.0 Å². The molecule has 2 aromatic carbocycles. The number of anilines is 2. The zero-order valence-electron chi connectivity index (χ0n) is 16.3. The second kappa shape index (κ2) is 9.11. The van der Waals surface area contributed by atoms with Crippen molar-refractivity contribution < 1.29 is 4.79 Å². The third kappa shape index (κ3) is 4.69. The van der Waals surface area contributed by atoms with Crippen LogP contribution in [0.3, 0.4) is 0 Å². The Morgan fingerprint density at radius 2 is 1.93 bits per heavy atom. The minimum atomic E-state index is -0.246. The average molecular weight is 438 g/mol. The quantitative estimate of drug-likeness (QED) is 0.345. The van der Waals surface area contributed by atoms with Crippen LogP contribution in [0.5, 0.6) is 0 Å². The zero-order valence-corrected chi connectivity index (χ0v) is 17.8. The predicted molar refractivity (Wildman–Crippen MR) is 125 cm³/mol. The monoisotopic (exact) mass is 437 g/mol. The lowest BCUT2D eigenvalue weighted by molar-refractivity contribution is 0.252. The normalized spacial score (nSPS) is 10.7. The highest BCUT2D eigenvalue weighted by molar-refractivity contribution is 7.13. The van der Waals surface area contributed by atoms with E-state index in [-0.39, 0.29) is 6.03 Å². The number of nitrogens with one attached hydrogen (secondary N) is 3. The van der Waals surface area contributed by atoms with Gasteiger partial charge in [-0.1, -0.05) is 35.9 Å². The van der Waals surface area contributed by atoms with Crippen molar-refractivity contribution in [2.24, 2.45) is 0 Å². The third-order valence-corrected chi connectivity index (χ3v) is 5.60. The minimum absolute atomic E-state index is 0.246. The van der Waals surface area contributed by atoms with E-state index in [1.54, 1.807) is 11.3 Å². The molecule has 152 valence electrons. The van der Waals surface area contributed by atoms with Gasteiger partial charge in [-0.25, -0.2) is 14.8 Å². The number of hydrogen-bond acceptors (Lipinski definition) is 5. The number of benzene rings is 2.